The van der Waals surface area contributed by atoms with E-state index in [1.807, 2.05) is 0 Å². The van der Waals surface area contributed by atoms with Gasteiger partial charge in [0.15, 0.2) is 0 Å². The molecule has 0 spiro atoms. The van der Waals surface area contributed by atoms with E-state index >= 15 is 0 Å². The van der Waals surface area contributed by atoms with Crippen molar-refractivity contribution in [2.75, 3.05) is 13.7 Å². The second kappa shape index (κ2) is 3.70. The van der Waals surface area contributed by atoms with Crippen LogP contribution in [0.15, 0.2) is 0 Å². The lowest BCUT2D eigenvalue weighted by atomic mass is 9.99. The van der Waals surface area contributed by atoms with Gasteiger partial charge in [0.1, 0.15) is 0 Å². The van der Waals surface area contributed by atoms with Crippen molar-refractivity contribution in [1.29, 1.82) is 5.26 Å². The Bertz CT molecular complexity index is 164. The molecule has 0 amide bonds. The first-order valence-corrected chi connectivity index (χ1v) is 3.92. The van der Waals surface area contributed by atoms with Crippen molar-refractivity contribution in [2.24, 2.45) is 5.92 Å². The number of hydrogen-bond acceptors (Lipinski definition) is 3. The average Bonchev–Trinajstić information content (AvgIpc) is 2.34. The minimum absolute atomic E-state index is 0.286. The molecule has 11 heavy (non-hydrogen) atoms. The van der Waals surface area contributed by atoms with E-state index < -0.39 is 0 Å². The van der Waals surface area contributed by atoms with Gasteiger partial charge in [0.25, 0.3) is 0 Å². The lowest BCUT2D eigenvalue weighted by Crippen LogP contribution is -2.25. The van der Waals surface area contributed by atoms with Gasteiger partial charge in [0, 0.05) is 19.7 Å². The van der Waals surface area contributed by atoms with Crippen molar-refractivity contribution >= 4 is 0 Å². The minimum Gasteiger partial charge on any atom is -0.380 e. The number of hydrogen-bond donors (Lipinski definition) is 1. The maximum absolute atomic E-state index is 8.47. The fourth-order valence-electron chi connectivity index (χ4n) is 1.55. The first-order valence-electron chi connectivity index (χ1n) is 3.92. The first-order chi connectivity index (χ1) is 5.29. The summed E-state index contributed by atoms with van der Waals surface area (Å²) in [6, 6.07) is 2.49. The summed E-state index contributed by atoms with van der Waals surface area (Å²) in [5, 5.41) is 11.7. The molecule has 0 radical (unpaired) electrons. The molecule has 1 heterocycles. The summed E-state index contributed by atoms with van der Waals surface area (Å²) in [4.78, 5) is 0. The highest BCUT2D eigenvalue weighted by molar-refractivity contribution is 4.93. The summed E-state index contributed by atoms with van der Waals surface area (Å²) in [6.45, 7) is 3.00. The molecule has 0 aromatic heterocycles. The highest BCUT2D eigenvalue weighted by Crippen LogP contribution is 2.19. The Labute approximate surface area is 67.3 Å². The highest BCUT2D eigenvalue weighted by atomic mass is 16.5. The third kappa shape index (κ3) is 1.70. The van der Waals surface area contributed by atoms with Crippen molar-refractivity contribution < 1.29 is 4.74 Å². The van der Waals surface area contributed by atoms with E-state index in [9.17, 15) is 0 Å². The molecule has 3 atom stereocenters. The smallest absolute Gasteiger partial charge is 0.0736 e. The number of nitrogens with zero attached hydrogens (tertiary/aromatic N) is 1. The van der Waals surface area contributed by atoms with E-state index in [1.165, 1.54) is 0 Å². The Morgan fingerprint density at radius 2 is 2.45 bits per heavy atom. The summed E-state index contributed by atoms with van der Waals surface area (Å²) in [5.41, 5.74) is 0. The van der Waals surface area contributed by atoms with Crippen molar-refractivity contribution in [2.45, 2.75) is 25.5 Å². The molecule has 1 rings (SSSR count). The second-order valence-corrected chi connectivity index (χ2v) is 3.01. The van der Waals surface area contributed by atoms with Gasteiger partial charge in [-0.15, -0.1) is 0 Å². The molecule has 3 heteroatoms. The SMILES string of the molecule is CO[C@H]1CN[C@@H](CC#N)[C@@H]1C. The molecule has 0 unspecified atom stereocenters. The Morgan fingerprint density at radius 3 is 2.91 bits per heavy atom. The Hall–Kier alpha value is -0.590. The maximum Gasteiger partial charge on any atom is 0.0736 e. The molecule has 0 bridgehead atoms. The quantitative estimate of drug-likeness (QED) is 0.630. The van der Waals surface area contributed by atoms with Crippen molar-refractivity contribution in [3.63, 3.8) is 0 Å². The minimum atomic E-state index is 0.286. The zero-order valence-corrected chi connectivity index (χ0v) is 7.00. The van der Waals surface area contributed by atoms with Gasteiger partial charge in [-0.1, -0.05) is 6.92 Å². The maximum atomic E-state index is 8.47. The molecule has 62 valence electrons. The van der Waals surface area contributed by atoms with E-state index in [-0.39, 0.29) is 6.10 Å². The fraction of sp³-hybridized carbons (Fsp3) is 0.875. The van der Waals surface area contributed by atoms with Crippen LogP contribution in [0.25, 0.3) is 0 Å². The largest absolute Gasteiger partial charge is 0.380 e. The van der Waals surface area contributed by atoms with Gasteiger partial charge < -0.3 is 10.1 Å². The number of nitrogens with one attached hydrogen (secondary N) is 1. The number of ether oxygens (including phenoxy) is 1. The molecule has 0 saturated carbocycles. The molecule has 1 aliphatic heterocycles. The summed E-state index contributed by atoms with van der Waals surface area (Å²) in [6.07, 6.45) is 0.870. The van der Waals surface area contributed by atoms with Crippen molar-refractivity contribution in [1.82, 2.24) is 5.32 Å². The van der Waals surface area contributed by atoms with Crippen LogP contribution in [-0.4, -0.2) is 25.8 Å². The van der Waals surface area contributed by atoms with Crippen LogP contribution in [-0.2, 0) is 4.74 Å². The van der Waals surface area contributed by atoms with Gasteiger partial charge in [0.05, 0.1) is 18.6 Å². The summed E-state index contributed by atoms with van der Waals surface area (Å²) in [7, 11) is 1.72. The number of methoxy groups -OCH3 is 1. The van der Waals surface area contributed by atoms with E-state index in [2.05, 4.69) is 18.3 Å². The number of nitriles is 1. The van der Waals surface area contributed by atoms with Gasteiger partial charge in [-0.25, -0.2) is 0 Å². The van der Waals surface area contributed by atoms with E-state index in [0.29, 0.717) is 18.4 Å². The van der Waals surface area contributed by atoms with Gasteiger partial charge in [-0.2, -0.15) is 5.26 Å². The normalized spacial score (nSPS) is 37.0. The Morgan fingerprint density at radius 1 is 1.73 bits per heavy atom. The standard InChI is InChI=1S/C8H14N2O/c1-6-7(3-4-9)10-5-8(6)11-2/h6-8,10H,3,5H2,1-2H3/t6-,7-,8-/m0/s1. The van der Waals surface area contributed by atoms with Crippen molar-refractivity contribution in [3.05, 3.63) is 0 Å². The van der Waals surface area contributed by atoms with Crippen LogP contribution in [0.4, 0.5) is 0 Å². The van der Waals surface area contributed by atoms with Crippen LogP contribution in [0.2, 0.25) is 0 Å². The van der Waals surface area contributed by atoms with E-state index in [0.717, 1.165) is 6.54 Å². The lowest BCUT2D eigenvalue weighted by molar-refractivity contribution is 0.0837. The zero-order valence-electron chi connectivity index (χ0n) is 7.00. The van der Waals surface area contributed by atoms with Crippen LogP contribution in [0.5, 0.6) is 0 Å². The third-order valence-electron chi connectivity index (χ3n) is 2.42. The first kappa shape index (κ1) is 8.51. The van der Waals surface area contributed by atoms with E-state index in [4.69, 9.17) is 10.00 Å². The molecular weight excluding hydrogens is 140 g/mol. The molecule has 0 aromatic rings. The van der Waals surface area contributed by atoms with Crippen LogP contribution in [0, 0.1) is 17.2 Å². The second-order valence-electron chi connectivity index (χ2n) is 3.01. The third-order valence-corrected chi connectivity index (χ3v) is 2.42. The average molecular weight is 154 g/mol. The van der Waals surface area contributed by atoms with Gasteiger partial charge >= 0.3 is 0 Å². The molecule has 1 saturated heterocycles. The molecule has 1 fully saturated rings. The highest BCUT2D eigenvalue weighted by Gasteiger charge is 2.31. The lowest BCUT2D eigenvalue weighted by Gasteiger charge is -2.15. The Balaban J connectivity index is 2.43. The predicted molar refractivity (Wildman–Crippen MR) is 42.0 cm³/mol. The number of rotatable bonds is 2. The zero-order chi connectivity index (χ0) is 8.27. The van der Waals surface area contributed by atoms with Crippen LogP contribution < -0.4 is 5.32 Å². The van der Waals surface area contributed by atoms with Crippen molar-refractivity contribution in [3.8, 4) is 6.07 Å². The van der Waals surface area contributed by atoms with Crippen LogP contribution in [0.1, 0.15) is 13.3 Å². The molecule has 0 aliphatic carbocycles. The predicted octanol–water partition coefficient (Wildman–Crippen LogP) is 0.523. The molecule has 1 aliphatic rings. The Kier molecular flexibility index (Phi) is 2.86. The fourth-order valence-corrected chi connectivity index (χ4v) is 1.55. The summed E-state index contributed by atoms with van der Waals surface area (Å²) >= 11 is 0. The summed E-state index contributed by atoms with van der Waals surface area (Å²) in [5.74, 6) is 0.458. The van der Waals surface area contributed by atoms with Gasteiger partial charge in [0.2, 0.25) is 0 Å². The molecular formula is C8H14N2O. The summed E-state index contributed by atoms with van der Waals surface area (Å²) < 4.78 is 5.23. The van der Waals surface area contributed by atoms with Gasteiger partial charge in [-0.05, 0) is 5.92 Å². The molecule has 1 N–H and O–H groups in total. The monoisotopic (exact) mass is 154 g/mol. The van der Waals surface area contributed by atoms with E-state index in [1.54, 1.807) is 7.11 Å². The topological polar surface area (TPSA) is 45.0 Å². The van der Waals surface area contributed by atoms with Crippen LogP contribution >= 0.6 is 0 Å². The molecule has 3 nitrogen and oxygen atoms in total. The molecule has 0 aromatic carbocycles. The van der Waals surface area contributed by atoms with Crippen LogP contribution in [0.3, 0.4) is 0 Å². The van der Waals surface area contributed by atoms with Gasteiger partial charge in [-0.3, -0.25) is 0 Å².